The van der Waals surface area contributed by atoms with Crippen LogP contribution in [0.3, 0.4) is 0 Å². The van der Waals surface area contributed by atoms with Crippen molar-refractivity contribution < 1.29 is 4.79 Å². The first-order valence-corrected chi connectivity index (χ1v) is 10.2. The first kappa shape index (κ1) is 22.9. The largest absolute Gasteiger partial charge is 0.357 e. The summed E-state index contributed by atoms with van der Waals surface area (Å²) in [6.07, 6.45) is 1.12. The Morgan fingerprint density at radius 3 is 2.39 bits per heavy atom. The molecule has 1 saturated heterocycles. The average molecular weight is 499 g/mol. The van der Waals surface area contributed by atoms with Gasteiger partial charge in [-0.25, -0.2) is 0 Å². The number of hydrogen-bond acceptors (Lipinski definition) is 3. The van der Waals surface area contributed by atoms with E-state index in [1.165, 1.54) is 11.1 Å². The maximum Gasteiger partial charge on any atom is 0.219 e. The summed E-state index contributed by atoms with van der Waals surface area (Å²) in [6.45, 7) is 13.0. The van der Waals surface area contributed by atoms with E-state index in [0.717, 1.165) is 64.7 Å². The van der Waals surface area contributed by atoms with Gasteiger partial charge >= 0.3 is 0 Å². The lowest BCUT2D eigenvalue weighted by Gasteiger charge is -2.37. The molecular formula is C21H34IN5O. The number of nitrogens with zero attached hydrogens (tertiary/aromatic N) is 4. The normalized spacial score (nSPS) is 18.9. The smallest absolute Gasteiger partial charge is 0.219 e. The first-order valence-electron chi connectivity index (χ1n) is 10.2. The van der Waals surface area contributed by atoms with Gasteiger partial charge in [-0.15, -0.1) is 24.0 Å². The number of piperazine rings is 1. The van der Waals surface area contributed by atoms with Gasteiger partial charge < -0.3 is 15.1 Å². The standard InChI is InChI=1S/C21H33N5O.HI/c1-4-22-21(25-13-11-24(12-14-25)18(3)27)23-15-17(2)26-10-9-19-7-5-6-8-20(19)16-26;/h5-8,17H,4,9-16H2,1-3H3,(H,22,23);1H. The van der Waals surface area contributed by atoms with Crippen LogP contribution >= 0.6 is 24.0 Å². The molecule has 0 aromatic heterocycles. The van der Waals surface area contributed by atoms with Gasteiger partial charge in [-0.3, -0.25) is 14.7 Å². The summed E-state index contributed by atoms with van der Waals surface area (Å²) in [5.74, 6) is 1.14. The third kappa shape index (κ3) is 5.83. The lowest BCUT2D eigenvalue weighted by atomic mass is 9.99. The number of rotatable bonds is 4. The van der Waals surface area contributed by atoms with Crippen LogP contribution in [-0.2, 0) is 17.8 Å². The van der Waals surface area contributed by atoms with Crippen LogP contribution < -0.4 is 5.32 Å². The first-order chi connectivity index (χ1) is 13.1. The van der Waals surface area contributed by atoms with Gasteiger partial charge in [0.15, 0.2) is 5.96 Å². The van der Waals surface area contributed by atoms with E-state index in [0.29, 0.717) is 6.04 Å². The van der Waals surface area contributed by atoms with Crippen LogP contribution in [0.5, 0.6) is 0 Å². The van der Waals surface area contributed by atoms with Crippen LogP contribution in [0.1, 0.15) is 31.9 Å². The summed E-state index contributed by atoms with van der Waals surface area (Å²) in [6, 6.07) is 9.17. The molecule has 1 aromatic carbocycles. The van der Waals surface area contributed by atoms with E-state index >= 15 is 0 Å². The predicted octanol–water partition coefficient (Wildman–Crippen LogP) is 2.18. The molecule has 0 saturated carbocycles. The lowest BCUT2D eigenvalue weighted by molar-refractivity contribution is -0.130. The van der Waals surface area contributed by atoms with E-state index < -0.39 is 0 Å². The maximum absolute atomic E-state index is 11.5. The Morgan fingerprint density at radius 1 is 1.11 bits per heavy atom. The molecule has 1 aromatic rings. The molecular weight excluding hydrogens is 465 g/mol. The summed E-state index contributed by atoms with van der Waals surface area (Å²) < 4.78 is 0. The van der Waals surface area contributed by atoms with Crippen LogP contribution in [0, 0.1) is 0 Å². The molecule has 0 aliphatic carbocycles. The lowest BCUT2D eigenvalue weighted by Crippen LogP contribution is -2.53. The summed E-state index contributed by atoms with van der Waals surface area (Å²) in [5.41, 5.74) is 2.94. The second-order valence-corrected chi connectivity index (χ2v) is 7.53. The van der Waals surface area contributed by atoms with Gasteiger partial charge in [0.05, 0.1) is 6.54 Å². The summed E-state index contributed by atoms with van der Waals surface area (Å²) >= 11 is 0. The molecule has 1 amide bonds. The molecule has 0 bridgehead atoms. The van der Waals surface area contributed by atoms with Crippen molar-refractivity contribution in [3.05, 3.63) is 35.4 Å². The van der Waals surface area contributed by atoms with Crippen molar-refractivity contribution in [1.29, 1.82) is 0 Å². The summed E-state index contributed by atoms with van der Waals surface area (Å²) in [5, 5.41) is 3.42. The SMILES string of the molecule is CCNC(=NCC(C)N1CCc2ccccc2C1)N1CCN(C(C)=O)CC1.I. The fraction of sp³-hybridized carbons (Fsp3) is 0.619. The van der Waals surface area contributed by atoms with Crippen molar-refractivity contribution in [2.75, 3.05) is 45.8 Å². The van der Waals surface area contributed by atoms with E-state index in [2.05, 4.69) is 53.2 Å². The Morgan fingerprint density at radius 2 is 1.75 bits per heavy atom. The van der Waals surface area contributed by atoms with Crippen molar-refractivity contribution in [1.82, 2.24) is 20.0 Å². The zero-order valence-corrected chi connectivity index (χ0v) is 19.7. The van der Waals surface area contributed by atoms with Gasteiger partial charge in [-0.05, 0) is 31.4 Å². The van der Waals surface area contributed by atoms with Gasteiger partial charge in [0, 0.05) is 58.8 Å². The van der Waals surface area contributed by atoms with Crippen LogP contribution in [-0.4, -0.2) is 78.4 Å². The van der Waals surface area contributed by atoms with Crippen molar-refractivity contribution >= 4 is 35.8 Å². The average Bonchev–Trinajstić information content (AvgIpc) is 2.70. The zero-order chi connectivity index (χ0) is 19.2. The fourth-order valence-electron chi connectivity index (χ4n) is 3.89. The van der Waals surface area contributed by atoms with Crippen molar-refractivity contribution in [3.63, 3.8) is 0 Å². The number of benzene rings is 1. The highest BCUT2D eigenvalue weighted by molar-refractivity contribution is 14.0. The molecule has 6 nitrogen and oxygen atoms in total. The van der Waals surface area contributed by atoms with E-state index in [4.69, 9.17) is 4.99 Å². The number of nitrogens with one attached hydrogen (secondary N) is 1. The molecule has 2 aliphatic rings. The topological polar surface area (TPSA) is 51.2 Å². The number of hydrogen-bond donors (Lipinski definition) is 1. The summed E-state index contributed by atoms with van der Waals surface area (Å²) in [7, 11) is 0. The molecule has 1 N–H and O–H groups in total. The second-order valence-electron chi connectivity index (χ2n) is 7.53. The number of carbonyl (C=O) groups excluding carboxylic acids is 1. The van der Waals surface area contributed by atoms with Crippen molar-refractivity contribution in [3.8, 4) is 0 Å². The monoisotopic (exact) mass is 499 g/mol. The Kier molecular flexibility index (Phi) is 9.01. The highest BCUT2D eigenvalue weighted by atomic mass is 127. The molecule has 28 heavy (non-hydrogen) atoms. The molecule has 1 atom stereocenters. The van der Waals surface area contributed by atoms with Crippen LogP contribution in [0.2, 0.25) is 0 Å². The predicted molar refractivity (Wildman–Crippen MR) is 125 cm³/mol. The van der Waals surface area contributed by atoms with Gasteiger partial charge in [0.2, 0.25) is 5.91 Å². The zero-order valence-electron chi connectivity index (χ0n) is 17.4. The Bertz CT molecular complexity index is 673. The Hall–Kier alpha value is -1.35. The third-order valence-electron chi connectivity index (χ3n) is 5.65. The Balaban J connectivity index is 0.00000280. The highest BCUT2D eigenvalue weighted by Gasteiger charge is 2.23. The van der Waals surface area contributed by atoms with Crippen LogP contribution in [0.15, 0.2) is 29.3 Å². The maximum atomic E-state index is 11.5. The van der Waals surface area contributed by atoms with Gasteiger partial charge in [0.1, 0.15) is 0 Å². The van der Waals surface area contributed by atoms with E-state index in [-0.39, 0.29) is 29.9 Å². The van der Waals surface area contributed by atoms with Crippen molar-refractivity contribution in [2.24, 2.45) is 4.99 Å². The molecule has 1 fully saturated rings. The minimum Gasteiger partial charge on any atom is -0.357 e. The second kappa shape index (κ2) is 11.0. The summed E-state index contributed by atoms with van der Waals surface area (Å²) in [4.78, 5) is 23.2. The van der Waals surface area contributed by atoms with E-state index in [1.54, 1.807) is 6.92 Å². The molecule has 0 radical (unpaired) electrons. The highest BCUT2D eigenvalue weighted by Crippen LogP contribution is 2.20. The minimum absolute atomic E-state index is 0. The number of amides is 1. The molecule has 2 aliphatic heterocycles. The quantitative estimate of drug-likeness (QED) is 0.392. The molecule has 156 valence electrons. The van der Waals surface area contributed by atoms with E-state index in [9.17, 15) is 4.79 Å². The fourth-order valence-corrected chi connectivity index (χ4v) is 3.89. The number of carbonyl (C=O) groups is 1. The number of fused-ring (bicyclic) bond motifs is 1. The molecule has 3 rings (SSSR count). The number of halogens is 1. The number of guanidine groups is 1. The third-order valence-corrected chi connectivity index (χ3v) is 5.65. The molecule has 0 spiro atoms. The van der Waals surface area contributed by atoms with Gasteiger partial charge in [-0.2, -0.15) is 0 Å². The van der Waals surface area contributed by atoms with Crippen molar-refractivity contribution in [2.45, 2.75) is 39.8 Å². The molecule has 1 unspecified atom stereocenters. The molecule has 2 heterocycles. The number of aliphatic imine (C=N–C) groups is 1. The molecule has 7 heteroatoms. The van der Waals surface area contributed by atoms with Crippen LogP contribution in [0.4, 0.5) is 0 Å². The minimum atomic E-state index is 0. The van der Waals surface area contributed by atoms with Gasteiger partial charge in [-0.1, -0.05) is 24.3 Å². The van der Waals surface area contributed by atoms with E-state index in [1.807, 2.05) is 4.90 Å². The van der Waals surface area contributed by atoms with Crippen LogP contribution in [0.25, 0.3) is 0 Å². The van der Waals surface area contributed by atoms with Gasteiger partial charge in [0.25, 0.3) is 0 Å². The Labute approximate surface area is 186 Å².